The van der Waals surface area contributed by atoms with Crippen LogP contribution < -0.4 is 10.6 Å². The highest BCUT2D eigenvalue weighted by atomic mass is 19.4. The maximum Gasteiger partial charge on any atom is 0.416 e. The molecule has 0 spiro atoms. The molecule has 1 aromatic carbocycles. The second-order valence-corrected chi connectivity index (χ2v) is 7.60. The molecule has 0 amide bonds. The zero-order valence-electron chi connectivity index (χ0n) is 17.0. The van der Waals surface area contributed by atoms with Crippen LogP contribution in [0.25, 0.3) is 17.2 Å². The van der Waals surface area contributed by atoms with E-state index in [4.69, 9.17) is 10.2 Å². The summed E-state index contributed by atoms with van der Waals surface area (Å²) in [5.74, 6) is 1.18. The van der Waals surface area contributed by atoms with Crippen molar-refractivity contribution in [3.05, 3.63) is 60.0 Å². The Bertz CT molecular complexity index is 1230. The molecule has 166 valence electrons. The molecule has 8 nitrogen and oxygen atoms in total. The van der Waals surface area contributed by atoms with E-state index in [1.807, 2.05) is 4.90 Å². The standard InChI is InChI=1S/C21H20F3N7O/c22-21(23,24)15-3-1-4-16(11-15)30-8-6-29(7-9-30)13-14-12-26-20(25)31-19(14)27-18(28-31)17-5-2-10-32-17/h1-5,10-12H,6-9,13H2,(H2,25,26). The van der Waals surface area contributed by atoms with Gasteiger partial charge in [0.2, 0.25) is 11.8 Å². The van der Waals surface area contributed by atoms with Crippen molar-refractivity contribution in [1.29, 1.82) is 0 Å². The summed E-state index contributed by atoms with van der Waals surface area (Å²) < 4.78 is 45.9. The van der Waals surface area contributed by atoms with E-state index in [0.29, 0.717) is 55.6 Å². The van der Waals surface area contributed by atoms with Crippen molar-refractivity contribution in [2.45, 2.75) is 12.7 Å². The van der Waals surface area contributed by atoms with Crippen molar-refractivity contribution in [3.8, 4) is 11.6 Å². The number of furan rings is 1. The summed E-state index contributed by atoms with van der Waals surface area (Å²) in [6.45, 7) is 3.18. The average Bonchev–Trinajstić information content (AvgIpc) is 3.46. The molecule has 1 saturated heterocycles. The first-order valence-electron chi connectivity index (χ1n) is 10.1. The van der Waals surface area contributed by atoms with Gasteiger partial charge in [-0.2, -0.15) is 17.7 Å². The van der Waals surface area contributed by atoms with Gasteiger partial charge in [-0.25, -0.2) is 9.97 Å². The third-order valence-electron chi connectivity index (χ3n) is 5.51. The predicted molar refractivity (Wildman–Crippen MR) is 112 cm³/mol. The Morgan fingerprint density at radius 2 is 1.88 bits per heavy atom. The van der Waals surface area contributed by atoms with Gasteiger partial charge in [-0.15, -0.1) is 5.10 Å². The molecule has 0 unspecified atom stereocenters. The minimum absolute atomic E-state index is 0.225. The van der Waals surface area contributed by atoms with Gasteiger partial charge in [-0.1, -0.05) is 6.07 Å². The number of rotatable bonds is 4. The van der Waals surface area contributed by atoms with Crippen molar-refractivity contribution in [3.63, 3.8) is 0 Å². The SMILES string of the molecule is Nc1ncc(CN2CCN(c3cccc(C(F)(F)F)c3)CC2)c2nc(-c3ccco3)nn12. The van der Waals surface area contributed by atoms with Crippen LogP contribution in [-0.2, 0) is 12.7 Å². The van der Waals surface area contributed by atoms with Crippen LogP contribution in [0.5, 0.6) is 0 Å². The van der Waals surface area contributed by atoms with Gasteiger partial charge >= 0.3 is 6.18 Å². The molecule has 5 rings (SSSR count). The van der Waals surface area contributed by atoms with Gasteiger partial charge in [0.15, 0.2) is 11.4 Å². The van der Waals surface area contributed by atoms with E-state index in [0.717, 1.165) is 11.6 Å². The summed E-state index contributed by atoms with van der Waals surface area (Å²) in [4.78, 5) is 13.0. The number of benzene rings is 1. The minimum atomic E-state index is -4.35. The summed E-state index contributed by atoms with van der Waals surface area (Å²) in [6, 6.07) is 8.98. The lowest BCUT2D eigenvalue weighted by atomic mass is 10.1. The molecule has 1 aliphatic rings. The molecule has 2 N–H and O–H groups in total. The molecule has 0 bridgehead atoms. The number of anilines is 2. The van der Waals surface area contributed by atoms with E-state index in [9.17, 15) is 13.2 Å². The molecule has 4 aromatic rings. The fraction of sp³-hybridized carbons (Fsp3) is 0.286. The number of nitrogens with two attached hydrogens (primary N) is 1. The first-order valence-corrected chi connectivity index (χ1v) is 10.1. The highest BCUT2D eigenvalue weighted by Gasteiger charge is 2.31. The van der Waals surface area contributed by atoms with Gasteiger partial charge in [-0.05, 0) is 30.3 Å². The first kappa shape index (κ1) is 20.3. The van der Waals surface area contributed by atoms with E-state index in [1.165, 1.54) is 16.6 Å². The van der Waals surface area contributed by atoms with Crippen molar-refractivity contribution in [2.24, 2.45) is 0 Å². The Hall–Kier alpha value is -3.60. The molecule has 0 atom stereocenters. The van der Waals surface area contributed by atoms with E-state index in [-0.39, 0.29) is 5.95 Å². The van der Waals surface area contributed by atoms with Crippen LogP contribution >= 0.6 is 0 Å². The number of aromatic nitrogens is 4. The molecule has 1 fully saturated rings. The van der Waals surface area contributed by atoms with Gasteiger partial charge < -0.3 is 15.1 Å². The second-order valence-electron chi connectivity index (χ2n) is 7.60. The Morgan fingerprint density at radius 1 is 1.06 bits per heavy atom. The number of alkyl halides is 3. The number of nitrogen functional groups attached to an aromatic ring is 1. The molecule has 0 aliphatic carbocycles. The largest absolute Gasteiger partial charge is 0.461 e. The summed E-state index contributed by atoms with van der Waals surface area (Å²) in [5, 5.41) is 4.39. The molecular weight excluding hydrogens is 423 g/mol. The number of hydrogen-bond donors (Lipinski definition) is 1. The van der Waals surface area contributed by atoms with Gasteiger partial charge in [0.1, 0.15) is 0 Å². The lowest BCUT2D eigenvalue weighted by Crippen LogP contribution is -2.46. The maximum atomic E-state index is 13.0. The third kappa shape index (κ3) is 3.86. The normalized spacial score (nSPS) is 15.5. The first-order chi connectivity index (χ1) is 15.4. The highest BCUT2D eigenvalue weighted by molar-refractivity contribution is 5.57. The molecule has 32 heavy (non-hydrogen) atoms. The van der Waals surface area contributed by atoms with E-state index < -0.39 is 11.7 Å². The summed E-state index contributed by atoms with van der Waals surface area (Å²) in [5.41, 5.74) is 7.38. The zero-order chi connectivity index (χ0) is 22.3. The van der Waals surface area contributed by atoms with Crippen LogP contribution in [0, 0.1) is 0 Å². The van der Waals surface area contributed by atoms with Gasteiger partial charge in [0, 0.05) is 50.2 Å². The average molecular weight is 443 g/mol. The minimum Gasteiger partial charge on any atom is -0.461 e. The van der Waals surface area contributed by atoms with Crippen molar-refractivity contribution >= 4 is 17.3 Å². The van der Waals surface area contributed by atoms with E-state index in [1.54, 1.807) is 30.7 Å². The van der Waals surface area contributed by atoms with E-state index >= 15 is 0 Å². The van der Waals surface area contributed by atoms with Gasteiger partial charge in [0.25, 0.3) is 0 Å². The maximum absolute atomic E-state index is 13.0. The lowest BCUT2D eigenvalue weighted by molar-refractivity contribution is -0.137. The lowest BCUT2D eigenvalue weighted by Gasteiger charge is -2.36. The quantitative estimate of drug-likeness (QED) is 0.518. The molecule has 11 heteroatoms. The predicted octanol–water partition coefficient (Wildman–Crippen LogP) is 3.31. The molecule has 1 aliphatic heterocycles. The van der Waals surface area contributed by atoms with Crippen molar-refractivity contribution in [2.75, 3.05) is 36.8 Å². The fourth-order valence-electron chi connectivity index (χ4n) is 3.84. The highest BCUT2D eigenvalue weighted by Crippen LogP contribution is 2.32. The van der Waals surface area contributed by atoms with Crippen LogP contribution in [0.4, 0.5) is 24.8 Å². The van der Waals surface area contributed by atoms with Crippen LogP contribution in [0.15, 0.2) is 53.3 Å². The van der Waals surface area contributed by atoms with Gasteiger partial charge in [-0.3, -0.25) is 4.90 Å². The molecule has 4 heterocycles. The number of halogens is 3. The van der Waals surface area contributed by atoms with Gasteiger partial charge in [0.05, 0.1) is 11.8 Å². The fourth-order valence-corrected chi connectivity index (χ4v) is 3.84. The number of hydrogen-bond acceptors (Lipinski definition) is 7. The summed E-state index contributed by atoms with van der Waals surface area (Å²) >= 11 is 0. The molecule has 0 radical (unpaired) electrons. The second kappa shape index (κ2) is 7.83. The van der Waals surface area contributed by atoms with Crippen molar-refractivity contribution in [1.82, 2.24) is 24.5 Å². The monoisotopic (exact) mass is 443 g/mol. The summed E-state index contributed by atoms with van der Waals surface area (Å²) in [7, 11) is 0. The third-order valence-corrected chi connectivity index (χ3v) is 5.51. The van der Waals surface area contributed by atoms with E-state index in [2.05, 4.69) is 20.0 Å². The Labute approximate surface area is 181 Å². The number of fused-ring (bicyclic) bond motifs is 1. The molecular formula is C21H20F3N7O. The topological polar surface area (TPSA) is 88.7 Å². The van der Waals surface area contributed by atoms with Crippen LogP contribution in [0.2, 0.25) is 0 Å². The van der Waals surface area contributed by atoms with Crippen molar-refractivity contribution < 1.29 is 17.6 Å². The number of nitrogens with zero attached hydrogens (tertiary/aromatic N) is 6. The van der Waals surface area contributed by atoms with Crippen LogP contribution in [0.3, 0.4) is 0 Å². The number of piperazine rings is 1. The Morgan fingerprint density at radius 3 is 2.59 bits per heavy atom. The summed E-state index contributed by atoms with van der Waals surface area (Å²) in [6.07, 6.45) is -1.12. The Kier molecular flexibility index (Phi) is 4.97. The van der Waals surface area contributed by atoms with Crippen LogP contribution in [0.1, 0.15) is 11.1 Å². The van der Waals surface area contributed by atoms with Crippen LogP contribution in [-0.4, -0.2) is 50.7 Å². The zero-order valence-corrected chi connectivity index (χ0v) is 17.0. The smallest absolute Gasteiger partial charge is 0.416 e. The molecule has 0 saturated carbocycles. The molecule has 3 aromatic heterocycles. The Balaban J connectivity index is 1.31.